The Hall–Kier alpha value is -3.74. The first-order valence-corrected chi connectivity index (χ1v) is 10.2. The molecule has 0 fully saturated rings. The Morgan fingerprint density at radius 2 is 1.61 bits per heavy atom. The Morgan fingerprint density at radius 1 is 0.968 bits per heavy atom. The van der Waals surface area contributed by atoms with E-state index in [2.05, 4.69) is 36.2 Å². The molecule has 0 saturated carbocycles. The van der Waals surface area contributed by atoms with E-state index in [1.807, 2.05) is 73.7 Å². The number of rotatable bonds is 5. The van der Waals surface area contributed by atoms with Gasteiger partial charge in [0.25, 0.3) is 0 Å². The van der Waals surface area contributed by atoms with Crippen molar-refractivity contribution in [3.05, 3.63) is 78.2 Å². The van der Waals surface area contributed by atoms with Gasteiger partial charge >= 0.3 is 0 Å². The molecule has 2 heterocycles. The number of benzene rings is 2. The van der Waals surface area contributed by atoms with E-state index < -0.39 is 0 Å². The average Bonchev–Trinajstić information content (AvgIpc) is 3.32. The molecular weight excluding hydrogens is 388 g/mol. The minimum absolute atomic E-state index is 0.0515. The number of aryl methyl sites for hydroxylation is 1. The summed E-state index contributed by atoms with van der Waals surface area (Å²) in [6.07, 6.45) is 0. The van der Waals surface area contributed by atoms with Crippen molar-refractivity contribution >= 4 is 11.7 Å². The second kappa shape index (κ2) is 8.18. The van der Waals surface area contributed by atoms with Crippen LogP contribution < -0.4 is 5.32 Å². The van der Waals surface area contributed by atoms with Gasteiger partial charge in [0.1, 0.15) is 18.2 Å². The molecule has 0 bridgehead atoms. The molecule has 4 aromatic rings. The molecule has 0 radical (unpaired) electrons. The molecule has 7 nitrogen and oxygen atoms in total. The Labute approximate surface area is 181 Å². The molecule has 2 aromatic carbocycles. The van der Waals surface area contributed by atoms with E-state index in [1.165, 1.54) is 0 Å². The third-order valence-corrected chi connectivity index (χ3v) is 4.85. The molecule has 2 aromatic heterocycles. The summed E-state index contributed by atoms with van der Waals surface area (Å²) in [5.41, 5.74) is 2.55. The molecule has 31 heavy (non-hydrogen) atoms. The van der Waals surface area contributed by atoms with E-state index >= 15 is 0 Å². The number of nitrogens with one attached hydrogen (secondary N) is 1. The fourth-order valence-electron chi connectivity index (χ4n) is 3.29. The van der Waals surface area contributed by atoms with Crippen LogP contribution in [0.15, 0.2) is 66.7 Å². The summed E-state index contributed by atoms with van der Waals surface area (Å²) < 4.78 is 3.40. The molecule has 0 aliphatic rings. The van der Waals surface area contributed by atoms with Crippen LogP contribution in [0, 0.1) is 6.92 Å². The van der Waals surface area contributed by atoms with Crippen molar-refractivity contribution in [2.75, 3.05) is 5.32 Å². The monoisotopic (exact) mass is 414 g/mol. The van der Waals surface area contributed by atoms with Crippen molar-refractivity contribution in [3.8, 4) is 17.1 Å². The van der Waals surface area contributed by atoms with Crippen LogP contribution in [0.25, 0.3) is 17.1 Å². The van der Waals surface area contributed by atoms with E-state index in [-0.39, 0.29) is 17.9 Å². The van der Waals surface area contributed by atoms with Gasteiger partial charge in [0.15, 0.2) is 5.82 Å². The van der Waals surface area contributed by atoms with Crippen LogP contribution in [0.1, 0.15) is 32.3 Å². The highest BCUT2D eigenvalue weighted by molar-refractivity contribution is 5.90. The molecule has 7 heteroatoms. The minimum Gasteiger partial charge on any atom is -0.309 e. The number of hydrogen-bond donors (Lipinski definition) is 1. The second-order valence-corrected chi connectivity index (χ2v) is 8.47. The van der Waals surface area contributed by atoms with E-state index in [0.29, 0.717) is 17.5 Å². The molecule has 0 aliphatic heterocycles. The van der Waals surface area contributed by atoms with Gasteiger partial charge in [-0.25, -0.2) is 14.3 Å². The first-order valence-electron chi connectivity index (χ1n) is 10.2. The molecule has 0 spiro atoms. The summed E-state index contributed by atoms with van der Waals surface area (Å²) in [6.45, 7) is 8.17. The Morgan fingerprint density at radius 3 is 2.26 bits per heavy atom. The van der Waals surface area contributed by atoms with Crippen LogP contribution in [-0.2, 0) is 16.8 Å². The number of nitrogens with zero attached hydrogens (tertiary/aromatic N) is 5. The number of hydrogen-bond acceptors (Lipinski definition) is 4. The van der Waals surface area contributed by atoms with Crippen LogP contribution in [0.4, 0.5) is 5.82 Å². The summed E-state index contributed by atoms with van der Waals surface area (Å²) in [7, 11) is 0. The van der Waals surface area contributed by atoms with Crippen LogP contribution >= 0.6 is 0 Å². The SMILES string of the molecule is Cc1nc(-c2ccccc2)n(CC(=O)Nc2cc(C(C)(C)C)nn2-c2ccccc2)n1. The average molecular weight is 415 g/mol. The van der Waals surface area contributed by atoms with Crippen molar-refractivity contribution in [2.45, 2.75) is 39.7 Å². The van der Waals surface area contributed by atoms with E-state index in [1.54, 1.807) is 9.36 Å². The first-order chi connectivity index (χ1) is 14.8. The van der Waals surface area contributed by atoms with Crippen LogP contribution in [0.3, 0.4) is 0 Å². The van der Waals surface area contributed by atoms with E-state index in [0.717, 1.165) is 16.9 Å². The molecule has 0 saturated heterocycles. The highest BCUT2D eigenvalue weighted by atomic mass is 16.2. The molecule has 1 amide bonds. The molecule has 0 unspecified atom stereocenters. The zero-order chi connectivity index (χ0) is 22.0. The van der Waals surface area contributed by atoms with Gasteiger partial charge in [0.2, 0.25) is 5.91 Å². The fourth-order valence-corrected chi connectivity index (χ4v) is 3.29. The van der Waals surface area contributed by atoms with Crippen molar-refractivity contribution < 1.29 is 4.79 Å². The third-order valence-electron chi connectivity index (χ3n) is 4.85. The van der Waals surface area contributed by atoms with Gasteiger partial charge in [-0.3, -0.25) is 4.79 Å². The standard InChI is InChI=1S/C24H26N6O/c1-17-25-23(18-11-7-5-8-12-18)29(27-17)16-22(31)26-21-15-20(24(2,3)4)28-30(21)19-13-9-6-10-14-19/h5-15H,16H2,1-4H3,(H,26,31). The lowest BCUT2D eigenvalue weighted by Crippen LogP contribution is -2.21. The number of carbonyl (C=O) groups excluding carboxylic acids is 1. The highest BCUT2D eigenvalue weighted by Gasteiger charge is 2.22. The summed E-state index contributed by atoms with van der Waals surface area (Å²) in [5.74, 6) is 1.72. The van der Waals surface area contributed by atoms with Gasteiger partial charge in [0, 0.05) is 17.0 Å². The number of amides is 1. The predicted octanol–water partition coefficient (Wildman–Crippen LogP) is 4.38. The number of aromatic nitrogens is 5. The van der Waals surface area contributed by atoms with Gasteiger partial charge in [-0.2, -0.15) is 10.2 Å². The smallest absolute Gasteiger partial charge is 0.247 e. The summed E-state index contributed by atoms with van der Waals surface area (Å²) >= 11 is 0. The van der Waals surface area contributed by atoms with Crippen LogP contribution in [-0.4, -0.2) is 30.5 Å². The van der Waals surface area contributed by atoms with E-state index in [4.69, 9.17) is 5.10 Å². The van der Waals surface area contributed by atoms with Gasteiger partial charge in [0.05, 0.1) is 11.4 Å². The first kappa shape index (κ1) is 20.5. The van der Waals surface area contributed by atoms with Crippen molar-refractivity contribution in [1.29, 1.82) is 0 Å². The third kappa shape index (κ3) is 4.55. The lowest BCUT2D eigenvalue weighted by atomic mass is 9.92. The minimum atomic E-state index is -0.195. The lowest BCUT2D eigenvalue weighted by molar-refractivity contribution is -0.116. The summed E-state index contributed by atoms with van der Waals surface area (Å²) in [6, 6.07) is 21.4. The maximum absolute atomic E-state index is 13.0. The summed E-state index contributed by atoms with van der Waals surface area (Å²) in [4.78, 5) is 17.5. The van der Waals surface area contributed by atoms with E-state index in [9.17, 15) is 4.79 Å². The molecule has 0 aliphatic carbocycles. The molecule has 1 N–H and O–H groups in total. The molecular formula is C24H26N6O. The Balaban J connectivity index is 1.62. The second-order valence-electron chi connectivity index (χ2n) is 8.47. The molecule has 0 atom stereocenters. The maximum atomic E-state index is 13.0. The van der Waals surface area contributed by atoms with Gasteiger partial charge in [-0.1, -0.05) is 69.3 Å². The predicted molar refractivity (Wildman–Crippen MR) is 121 cm³/mol. The largest absolute Gasteiger partial charge is 0.309 e. The quantitative estimate of drug-likeness (QED) is 0.526. The van der Waals surface area contributed by atoms with Crippen LogP contribution in [0.5, 0.6) is 0 Å². The number of carbonyl (C=O) groups is 1. The topological polar surface area (TPSA) is 77.6 Å². The highest BCUT2D eigenvalue weighted by Crippen LogP contribution is 2.26. The molecule has 158 valence electrons. The maximum Gasteiger partial charge on any atom is 0.247 e. The zero-order valence-electron chi connectivity index (χ0n) is 18.2. The normalized spacial score (nSPS) is 11.5. The Bertz CT molecular complexity index is 1190. The van der Waals surface area contributed by atoms with Gasteiger partial charge in [-0.05, 0) is 19.1 Å². The number of anilines is 1. The van der Waals surface area contributed by atoms with Gasteiger partial charge < -0.3 is 5.32 Å². The zero-order valence-corrected chi connectivity index (χ0v) is 18.2. The Kier molecular flexibility index (Phi) is 5.42. The van der Waals surface area contributed by atoms with Gasteiger partial charge in [-0.15, -0.1) is 0 Å². The van der Waals surface area contributed by atoms with Crippen molar-refractivity contribution in [3.63, 3.8) is 0 Å². The molecule has 4 rings (SSSR count). The van der Waals surface area contributed by atoms with Crippen molar-refractivity contribution in [2.24, 2.45) is 0 Å². The van der Waals surface area contributed by atoms with Crippen LogP contribution in [0.2, 0.25) is 0 Å². The van der Waals surface area contributed by atoms with Crippen molar-refractivity contribution in [1.82, 2.24) is 24.5 Å². The summed E-state index contributed by atoms with van der Waals surface area (Å²) in [5, 5.41) is 12.2. The lowest BCUT2D eigenvalue weighted by Gasteiger charge is -2.14. The fraction of sp³-hybridized carbons (Fsp3) is 0.250. The number of para-hydroxylation sites is 1.